The summed E-state index contributed by atoms with van der Waals surface area (Å²) in [6.07, 6.45) is 5.44. The van der Waals surface area contributed by atoms with E-state index < -0.39 is 0 Å². The predicted molar refractivity (Wildman–Crippen MR) is 89.4 cm³/mol. The number of aromatic nitrogens is 3. The number of para-hydroxylation sites is 1. The summed E-state index contributed by atoms with van der Waals surface area (Å²) >= 11 is 0. The highest BCUT2D eigenvalue weighted by molar-refractivity contribution is 6.04. The molecule has 23 heavy (non-hydrogen) atoms. The molecule has 0 saturated carbocycles. The van der Waals surface area contributed by atoms with Gasteiger partial charge in [-0.1, -0.05) is 24.3 Å². The van der Waals surface area contributed by atoms with E-state index in [9.17, 15) is 4.79 Å². The van der Waals surface area contributed by atoms with Crippen LogP contribution in [0.4, 0.5) is 5.69 Å². The summed E-state index contributed by atoms with van der Waals surface area (Å²) in [7, 11) is 0. The van der Waals surface area contributed by atoms with Gasteiger partial charge in [-0.15, -0.1) is 0 Å². The van der Waals surface area contributed by atoms with Gasteiger partial charge in [0.05, 0.1) is 23.1 Å². The van der Waals surface area contributed by atoms with Crippen LogP contribution in [0.1, 0.15) is 10.4 Å². The van der Waals surface area contributed by atoms with Crippen LogP contribution in [0.25, 0.3) is 17.0 Å². The Hall–Kier alpha value is -3.34. The number of amides is 1. The van der Waals surface area contributed by atoms with E-state index in [0.717, 1.165) is 22.7 Å². The zero-order valence-corrected chi connectivity index (χ0v) is 12.2. The molecule has 0 aliphatic carbocycles. The Morgan fingerprint density at radius 1 is 1.09 bits per heavy atom. The molecule has 0 saturated heterocycles. The number of aromatic amines is 1. The number of nitrogens with zero attached hydrogens (tertiary/aromatic N) is 2. The molecule has 3 aromatic heterocycles. The summed E-state index contributed by atoms with van der Waals surface area (Å²) in [4.78, 5) is 19.8. The maximum Gasteiger partial charge on any atom is 0.257 e. The molecule has 1 amide bonds. The summed E-state index contributed by atoms with van der Waals surface area (Å²) in [6, 6.07) is 17.1. The minimum atomic E-state index is -0.146. The van der Waals surface area contributed by atoms with Crippen molar-refractivity contribution in [3.63, 3.8) is 0 Å². The second-order valence-electron chi connectivity index (χ2n) is 5.19. The molecule has 3 heterocycles. The lowest BCUT2D eigenvalue weighted by molar-refractivity contribution is 0.102. The highest BCUT2D eigenvalue weighted by Crippen LogP contribution is 2.21. The number of carbonyl (C=O) groups is 1. The smallest absolute Gasteiger partial charge is 0.257 e. The molecule has 0 aliphatic heterocycles. The first kappa shape index (κ1) is 13.3. The van der Waals surface area contributed by atoms with Crippen molar-refractivity contribution in [3.8, 4) is 11.4 Å². The van der Waals surface area contributed by atoms with Gasteiger partial charge in [-0.05, 0) is 30.3 Å². The molecular formula is C18H14N4O. The van der Waals surface area contributed by atoms with Gasteiger partial charge in [0.15, 0.2) is 0 Å². The topological polar surface area (TPSA) is 62.2 Å². The summed E-state index contributed by atoms with van der Waals surface area (Å²) in [5.74, 6) is -0.146. The number of imidazole rings is 1. The van der Waals surface area contributed by atoms with Gasteiger partial charge < -0.3 is 10.3 Å². The molecule has 5 nitrogen and oxygen atoms in total. The molecular weight excluding hydrogens is 288 g/mol. The van der Waals surface area contributed by atoms with Crippen LogP contribution in [0.5, 0.6) is 0 Å². The van der Waals surface area contributed by atoms with Crippen molar-refractivity contribution in [2.24, 2.45) is 0 Å². The third-order valence-corrected chi connectivity index (χ3v) is 3.67. The third kappa shape index (κ3) is 2.48. The first-order valence-electron chi connectivity index (χ1n) is 7.28. The molecule has 0 bridgehead atoms. The van der Waals surface area contributed by atoms with Crippen LogP contribution >= 0.6 is 0 Å². The maximum absolute atomic E-state index is 12.3. The number of hydrogen-bond donors (Lipinski definition) is 2. The van der Waals surface area contributed by atoms with Crippen molar-refractivity contribution in [2.75, 3.05) is 5.32 Å². The SMILES string of the molecule is O=C(Nc1ccccc1)c1c[nH]c(-c2cnc3ccccn23)c1. The lowest BCUT2D eigenvalue weighted by atomic mass is 10.2. The summed E-state index contributed by atoms with van der Waals surface area (Å²) in [5.41, 5.74) is 3.98. The van der Waals surface area contributed by atoms with E-state index in [1.165, 1.54) is 0 Å². The number of hydrogen-bond acceptors (Lipinski definition) is 2. The van der Waals surface area contributed by atoms with Gasteiger partial charge in [0.1, 0.15) is 5.65 Å². The fourth-order valence-corrected chi connectivity index (χ4v) is 2.53. The average molecular weight is 302 g/mol. The number of carbonyl (C=O) groups excluding carboxylic acids is 1. The van der Waals surface area contributed by atoms with Gasteiger partial charge in [-0.25, -0.2) is 4.98 Å². The van der Waals surface area contributed by atoms with Crippen LogP contribution in [-0.2, 0) is 0 Å². The molecule has 0 atom stereocenters. The largest absolute Gasteiger partial charge is 0.359 e. The fourth-order valence-electron chi connectivity index (χ4n) is 2.53. The molecule has 4 aromatic rings. The molecule has 0 spiro atoms. The number of anilines is 1. The molecule has 0 fully saturated rings. The van der Waals surface area contributed by atoms with Crippen molar-refractivity contribution < 1.29 is 4.79 Å². The van der Waals surface area contributed by atoms with Gasteiger partial charge in [0, 0.05) is 18.1 Å². The van der Waals surface area contributed by atoms with E-state index in [4.69, 9.17) is 0 Å². The average Bonchev–Trinajstić information content (AvgIpc) is 3.22. The lowest BCUT2D eigenvalue weighted by Crippen LogP contribution is -2.10. The Balaban J connectivity index is 1.63. The van der Waals surface area contributed by atoms with E-state index in [1.807, 2.05) is 65.2 Å². The zero-order valence-electron chi connectivity index (χ0n) is 12.2. The monoisotopic (exact) mass is 302 g/mol. The minimum Gasteiger partial charge on any atom is -0.359 e. The Morgan fingerprint density at radius 2 is 1.91 bits per heavy atom. The lowest BCUT2D eigenvalue weighted by Gasteiger charge is -2.02. The van der Waals surface area contributed by atoms with Crippen LogP contribution in [-0.4, -0.2) is 20.3 Å². The summed E-state index contributed by atoms with van der Waals surface area (Å²) in [6.45, 7) is 0. The predicted octanol–water partition coefficient (Wildman–Crippen LogP) is 3.58. The standard InChI is InChI=1S/C18H14N4O/c23-18(21-14-6-2-1-3-7-14)13-10-15(19-11-13)16-12-20-17-8-4-5-9-22(16)17/h1-12,19H,(H,21,23). The number of benzene rings is 1. The highest BCUT2D eigenvalue weighted by Gasteiger charge is 2.12. The van der Waals surface area contributed by atoms with Gasteiger partial charge in [0.25, 0.3) is 5.91 Å². The van der Waals surface area contributed by atoms with Crippen molar-refractivity contribution >= 4 is 17.2 Å². The third-order valence-electron chi connectivity index (χ3n) is 3.67. The Bertz CT molecular complexity index is 969. The molecule has 2 N–H and O–H groups in total. The first-order chi connectivity index (χ1) is 11.3. The normalized spacial score (nSPS) is 10.8. The second-order valence-corrected chi connectivity index (χ2v) is 5.19. The second kappa shape index (κ2) is 5.46. The van der Waals surface area contributed by atoms with Gasteiger partial charge in [0.2, 0.25) is 0 Å². The Morgan fingerprint density at radius 3 is 2.78 bits per heavy atom. The van der Waals surface area contributed by atoms with E-state index in [-0.39, 0.29) is 5.91 Å². The molecule has 1 aromatic carbocycles. The number of rotatable bonds is 3. The van der Waals surface area contributed by atoms with Crippen molar-refractivity contribution in [3.05, 3.63) is 78.8 Å². The van der Waals surface area contributed by atoms with Gasteiger partial charge in [-0.2, -0.15) is 0 Å². The quantitative estimate of drug-likeness (QED) is 0.607. The Labute approximate surface area is 132 Å². The number of H-pyrrole nitrogens is 1. The first-order valence-corrected chi connectivity index (χ1v) is 7.28. The van der Waals surface area contributed by atoms with Gasteiger partial charge >= 0.3 is 0 Å². The molecule has 0 radical (unpaired) electrons. The highest BCUT2D eigenvalue weighted by atomic mass is 16.1. The summed E-state index contributed by atoms with van der Waals surface area (Å²) in [5, 5.41) is 2.87. The van der Waals surface area contributed by atoms with Crippen molar-refractivity contribution in [1.82, 2.24) is 14.4 Å². The van der Waals surface area contributed by atoms with Crippen molar-refractivity contribution in [2.45, 2.75) is 0 Å². The van der Waals surface area contributed by atoms with E-state index in [1.54, 1.807) is 12.4 Å². The van der Waals surface area contributed by atoms with E-state index >= 15 is 0 Å². The number of fused-ring (bicyclic) bond motifs is 1. The molecule has 5 heteroatoms. The fraction of sp³-hybridized carbons (Fsp3) is 0. The van der Waals surface area contributed by atoms with Gasteiger partial charge in [-0.3, -0.25) is 9.20 Å². The van der Waals surface area contributed by atoms with Crippen molar-refractivity contribution in [1.29, 1.82) is 0 Å². The van der Waals surface area contributed by atoms with Crippen LogP contribution in [0.3, 0.4) is 0 Å². The molecule has 112 valence electrons. The number of pyridine rings is 1. The molecule has 4 rings (SSSR count). The maximum atomic E-state index is 12.3. The Kier molecular flexibility index (Phi) is 3.16. The number of nitrogens with one attached hydrogen (secondary N) is 2. The van der Waals surface area contributed by atoms with Crippen LogP contribution in [0.15, 0.2) is 73.2 Å². The van der Waals surface area contributed by atoms with Crippen LogP contribution < -0.4 is 5.32 Å². The molecule has 0 unspecified atom stereocenters. The zero-order chi connectivity index (χ0) is 15.6. The van der Waals surface area contributed by atoms with E-state index in [2.05, 4.69) is 15.3 Å². The molecule has 0 aliphatic rings. The minimum absolute atomic E-state index is 0.146. The van der Waals surface area contributed by atoms with Crippen LogP contribution in [0, 0.1) is 0 Å². The van der Waals surface area contributed by atoms with E-state index in [0.29, 0.717) is 5.56 Å². The van der Waals surface area contributed by atoms with Crippen LogP contribution in [0.2, 0.25) is 0 Å². The summed E-state index contributed by atoms with van der Waals surface area (Å²) < 4.78 is 1.98.